The number of thioether (sulfide) groups is 1. The first kappa shape index (κ1) is 15.0. The van der Waals surface area contributed by atoms with E-state index in [0.29, 0.717) is 5.75 Å². The van der Waals surface area contributed by atoms with Crippen LogP contribution in [0.5, 0.6) is 0 Å². The Hall–Kier alpha value is -1.01. The zero-order chi connectivity index (χ0) is 12.7. The van der Waals surface area contributed by atoms with Gasteiger partial charge in [-0.25, -0.2) is 4.79 Å². The Morgan fingerprint density at radius 2 is 2.11 bits per heavy atom. The van der Waals surface area contributed by atoms with Gasteiger partial charge in [0, 0.05) is 11.5 Å². The Morgan fingerprint density at radius 1 is 1.50 bits per heavy atom. The molecule has 1 N–H and O–H groups in total. The van der Waals surface area contributed by atoms with Crippen LogP contribution in [0, 0.1) is 0 Å². The topological polar surface area (TPSA) is 70.0 Å². The molecule has 0 aromatic heterocycles. The van der Waals surface area contributed by atoms with Gasteiger partial charge >= 0.3 is 5.97 Å². The van der Waals surface area contributed by atoms with Gasteiger partial charge in [-0.2, -0.15) is 0 Å². The van der Waals surface area contributed by atoms with Crippen molar-refractivity contribution in [3.05, 3.63) is 11.3 Å². The molecule has 0 aromatic carbocycles. The highest BCUT2D eigenvalue weighted by Gasteiger charge is 2.53. The molecule has 2 aliphatic rings. The second kappa shape index (κ2) is 5.32. The molecule has 1 fully saturated rings. The molecule has 1 unspecified atom stereocenters. The maximum absolute atomic E-state index is 11.9. The Balaban J connectivity index is 0.00000162. The summed E-state index contributed by atoms with van der Waals surface area (Å²) < 4.78 is 0. The molecule has 100 valence electrons. The van der Waals surface area contributed by atoms with Gasteiger partial charge in [0.15, 0.2) is 6.04 Å². The zero-order valence-electron chi connectivity index (χ0n) is 10.3. The molecule has 0 aromatic rings. The van der Waals surface area contributed by atoms with E-state index in [-0.39, 0.29) is 29.4 Å². The van der Waals surface area contributed by atoms with E-state index < -0.39 is 12.0 Å². The molecule has 2 aliphatic heterocycles. The van der Waals surface area contributed by atoms with E-state index >= 15 is 0 Å². The fourth-order valence-electron chi connectivity index (χ4n) is 2.02. The van der Waals surface area contributed by atoms with Crippen LogP contribution in [0.15, 0.2) is 16.3 Å². The van der Waals surface area contributed by atoms with Gasteiger partial charge in [-0.3, -0.25) is 14.7 Å². The summed E-state index contributed by atoms with van der Waals surface area (Å²) >= 11 is 1.57. The van der Waals surface area contributed by atoms with Gasteiger partial charge in [-0.1, -0.05) is 0 Å². The van der Waals surface area contributed by atoms with Crippen molar-refractivity contribution in [3.8, 4) is 0 Å². The van der Waals surface area contributed by atoms with Crippen LogP contribution in [0.1, 0.15) is 20.8 Å². The van der Waals surface area contributed by atoms with Crippen molar-refractivity contribution in [3.63, 3.8) is 0 Å². The smallest absolute Gasteiger partial charge is 0.352 e. The third kappa shape index (κ3) is 2.27. The van der Waals surface area contributed by atoms with Crippen LogP contribution in [-0.2, 0) is 9.59 Å². The molecule has 2 atom stereocenters. The first-order valence-corrected chi connectivity index (χ1v) is 6.37. The molecule has 1 saturated heterocycles. The number of nitrogens with zero attached hydrogens (tertiary/aromatic N) is 2. The van der Waals surface area contributed by atoms with E-state index in [9.17, 15) is 9.59 Å². The highest BCUT2D eigenvalue weighted by molar-refractivity contribution is 8.00. The first-order chi connectivity index (χ1) is 7.93. The van der Waals surface area contributed by atoms with Gasteiger partial charge in [-0.05, 0) is 26.3 Å². The lowest BCUT2D eigenvalue weighted by Crippen LogP contribution is -2.64. The predicted molar refractivity (Wildman–Crippen MR) is 73.2 cm³/mol. The molecule has 2 heterocycles. The molecule has 0 radical (unpaired) electrons. The van der Waals surface area contributed by atoms with Crippen LogP contribution in [0.3, 0.4) is 0 Å². The Morgan fingerprint density at radius 3 is 2.61 bits per heavy atom. The van der Waals surface area contributed by atoms with Crippen LogP contribution in [0.2, 0.25) is 0 Å². The summed E-state index contributed by atoms with van der Waals surface area (Å²) in [5.41, 5.74) is 1.72. The fraction of sp³-hybridized carbons (Fsp3) is 0.545. The monoisotopic (exact) mass is 290 g/mol. The summed E-state index contributed by atoms with van der Waals surface area (Å²) in [6.07, 6.45) is 0. The minimum absolute atomic E-state index is 0. The van der Waals surface area contributed by atoms with Crippen LogP contribution in [0.25, 0.3) is 0 Å². The highest BCUT2D eigenvalue weighted by atomic mass is 35.5. The average Bonchev–Trinajstić information content (AvgIpc) is 2.24. The van der Waals surface area contributed by atoms with Crippen molar-refractivity contribution in [2.24, 2.45) is 4.99 Å². The summed E-state index contributed by atoms with van der Waals surface area (Å²) in [7, 11) is 0. The van der Waals surface area contributed by atoms with E-state index in [1.54, 1.807) is 18.7 Å². The number of halogens is 1. The molecular weight excluding hydrogens is 276 g/mol. The molecule has 18 heavy (non-hydrogen) atoms. The third-order valence-corrected chi connectivity index (χ3v) is 4.14. The van der Waals surface area contributed by atoms with Crippen molar-refractivity contribution >= 4 is 41.8 Å². The van der Waals surface area contributed by atoms with Crippen LogP contribution in [-0.4, -0.2) is 44.8 Å². The fourth-order valence-corrected chi connectivity index (χ4v) is 3.29. The van der Waals surface area contributed by atoms with Crippen molar-refractivity contribution in [2.75, 3.05) is 5.75 Å². The quantitative estimate of drug-likeness (QED) is 0.618. The van der Waals surface area contributed by atoms with E-state index in [1.165, 1.54) is 4.90 Å². The second-order valence-corrected chi connectivity index (χ2v) is 5.47. The normalized spacial score (nSPS) is 25.9. The number of carboxylic acids is 1. The van der Waals surface area contributed by atoms with E-state index in [2.05, 4.69) is 4.99 Å². The standard InChI is InChI=1S/C11H14N2O3S.ClH/c1-5(2)12-7-9(14)13-8(11(15)16)6(3)4-17-10(7)13;/h7,10H,4H2,1-3H3,(H,15,16);1H/t7?,10-;/m1./s1. The number of fused-ring (bicyclic) bond motifs is 1. The van der Waals surface area contributed by atoms with Crippen molar-refractivity contribution in [1.82, 2.24) is 4.90 Å². The minimum Gasteiger partial charge on any atom is -0.477 e. The van der Waals surface area contributed by atoms with Crippen molar-refractivity contribution in [1.29, 1.82) is 0 Å². The van der Waals surface area contributed by atoms with Crippen LogP contribution in [0.4, 0.5) is 0 Å². The van der Waals surface area contributed by atoms with Crippen molar-refractivity contribution in [2.45, 2.75) is 32.2 Å². The Kier molecular flexibility index (Phi) is 4.45. The number of carbonyl (C=O) groups is 2. The summed E-state index contributed by atoms with van der Waals surface area (Å²) in [5, 5.41) is 8.97. The number of aliphatic carboxylic acids is 1. The molecule has 0 aliphatic carbocycles. The summed E-state index contributed by atoms with van der Waals surface area (Å²) in [6.45, 7) is 5.42. The van der Waals surface area contributed by atoms with Crippen molar-refractivity contribution < 1.29 is 14.7 Å². The number of carbonyl (C=O) groups excluding carboxylic acids is 1. The molecule has 0 spiro atoms. The maximum Gasteiger partial charge on any atom is 0.352 e. The molecule has 0 bridgehead atoms. The van der Waals surface area contributed by atoms with Gasteiger partial charge in [-0.15, -0.1) is 24.2 Å². The number of rotatable bonds is 2. The molecular formula is C11H15ClN2O3S. The zero-order valence-corrected chi connectivity index (χ0v) is 12.0. The summed E-state index contributed by atoms with van der Waals surface area (Å²) in [5.74, 6) is -0.595. The number of aliphatic imine (C=N–C) groups is 1. The third-order valence-electron chi connectivity index (χ3n) is 2.73. The van der Waals surface area contributed by atoms with E-state index in [0.717, 1.165) is 11.3 Å². The Labute approximate surface area is 116 Å². The van der Waals surface area contributed by atoms with Crippen LogP contribution >= 0.6 is 24.2 Å². The summed E-state index contributed by atoms with van der Waals surface area (Å²) in [6, 6.07) is -0.410. The van der Waals surface area contributed by atoms with Gasteiger partial charge in [0.2, 0.25) is 0 Å². The van der Waals surface area contributed by atoms with E-state index in [4.69, 9.17) is 5.11 Å². The largest absolute Gasteiger partial charge is 0.477 e. The van der Waals surface area contributed by atoms with Gasteiger partial charge in [0.25, 0.3) is 5.91 Å². The maximum atomic E-state index is 11.9. The number of amides is 1. The number of carboxylic acid groups (broad SMARTS) is 1. The van der Waals surface area contributed by atoms with Crippen LogP contribution < -0.4 is 0 Å². The number of hydrogen-bond donors (Lipinski definition) is 1. The molecule has 5 nitrogen and oxygen atoms in total. The SMILES string of the molecule is CC(C)=NC1C(=O)N2C(C(=O)O)=C(C)CS[C@H]12.Cl. The molecule has 7 heteroatoms. The summed E-state index contributed by atoms with van der Waals surface area (Å²) in [4.78, 5) is 28.7. The molecule has 1 amide bonds. The van der Waals surface area contributed by atoms with Gasteiger partial charge < -0.3 is 5.11 Å². The van der Waals surface area contributed by atoms with Gasteiger partial charge in [0.1, 0.15) is 11.1 Å². The molecule has 2 rings (SSSR count). The number of β-lactam (4-membered cyclic amide) rings is 1. The molecule has 0 saturated carbocycles. The average molecular weight is 291 g/mol. The number of hydrogen-bond acceptors (Lipinski definition) is 4. The Bertz CT molecular complexity index is 457. The van der Waals surface area contributed by atoms with E-state index in [1.807, 2.05) is 13.8 Å². The minimum atomic E-state index is -1.03. The lowest BCUT2D eigenvalue weighted by atomic mass is 10.0. The first-order valence-electron chi connectivity index (χ1n) is 5.32. The highest BCUT2D eigenvalue weighted by Crippen LogP contribution is 2.41. The lowest BCUT2D eigenvalue weighted by molar-refractivity contribution is -0.147. The predicted octanol–water partition coefficient (Wildman–Crippen LogP) is 1.53. The van der Waals surface area contributed by atoms with Gasteiger partial charge in [0.05, 0.1) is 0 Å². The lowest BCUT2D eigenvalue weighted by Gasteiger charge is -2.47. The second-order valence-electron chi connectivity index (χ2n) is 4.37.